The van der Waals surface area contributed by atoms with Gasteiger partial charge < -0.3 is 9.47 Å². The van der Waals surface area contributed by atoms with Gasteiger partial charge in [-0.25, -0.2) is 4.79 Å². The van der Waals surface area contributed by atoms with Crippen molar-refractivity contribution in [3.8, 4) is 5.75 Å². The first-order valence-electron chi connectivity index (χ1n) is 6.15. The van der Waals surface area contributed by atoms with Crippen molar-refractivity contribution in [2.24, 2.45) is 0 Å². The van der Waals surface area contributed by atoms with Gasteiger partial charge in [0.1, 0.15) is 11.3 Å². The first-order valence-corrected chi connectivity index (χ1v) is 6.15. The molecule has 0 aromatic heterocycles. The Labute approximate surface area is 109 Å². The smallest absolute Gasteiger partial charge is 0.342 e. The Bertz CT molecular complexity index is 428. The highest BCUT2D eigenvalue weighted by Crippen LogP contribution is 2.28. The molecule has 0 bridgehead atoms. The van der Waals surface area contributed by atoms with Crippen LogP contribution in [0.4, 0.5) is 0 Å². The van der Waals surface area contributed by atoms with Crippen molar-refractivity contribution in [1.82, 2.24) is 0 Å². The minimum atomic E-state index is -0.340. The average Bonchev–Trinajstić information content (AvgIpc) is 2.26. The lowest BCUT2D eigenvalue weighted by Gasteiger charge is -2.21. The van der Waals surface area contributed by atoms with Crippen molar-refractivity contribution in [1.29, 1.82) is 0 Å². The summed E-state index contributed by atoms with van der Waals surface area (Å²) < 4.78 is 10.4. The molecule has 1 aromatic carbocycles. The van der Waals surface area contributed by atoms with Gasteiger partial charge in [-0.2, -0.15) is 0 Å². The number of methoxy groups -OCH3 is 1. The number of esters is 1. The van der Waals surface area contributed by atoms with E-state index in [0.717, 1.165) is 5.56 Å². The lowest BCUT2D eigenvalue weighted by molar-refractivity contribution is 0.0374. The van der Waals surface area contributed by atoms with Gasteiger partial charge in [0.25, 0.3) is 0 Å². The maximum atomic E-state index is 12.0. The summed E-state index contributed by atoms with van der Waals surface area (Å²) in [5, 5.41) is 0. The molecular formula is C15H22O3. The Hall–Kier alpha value is -1.51. The highest BCUT2D eigenvalue weighted by molar-refractivity contribution is 5.93. The molecule has 0 radical (unpaired) electrons. The molecule has 1 rings (SSSR count). The molecule has 0 aliphatic heterocycles. The molecule has 0 fully saturated rings. The van der Waals surface area contributed by atoms with Gasteiger partial charge in [0.15, 0.2) is 0 Å². The van der Waals surface area contributed by atoms with Crippen molar-refractivity contribution >= 4 is 5.97 Å². The fourth-order valence-corrected chi connectivity index (χ4v) is 1.61. The first-order chi connectivity index (χ1) is 8.25. The molecule has 18 heavy (non-hydrogen) atoms. The second-order valence-electron chi connectivity index (χ2n) is 5.62. The summed E-state index contributed by atoms with van der Waals surface area (Å²) >= 11 is 0. The van der Waals surface area contributed by atoms with Crippen LogP contribution >= 0.6 is 0 Å². The molecule has 0 saturated heterocycles. The predicted molar refractivity (Wildman–Crippen MR) is 72.2 cm³/mol. The van der Waals surface area contributed by atoms with Crippen molar-refractivity contribution in [3.05, 3.63) is 29.3 Å². The van der Waals surface area contributed by atoms with E-state index in [0.29, 0.717) is 11.3 Å². The van der Waals surface area contributed by atoms with Crippen LogP contribution in [0.2, 0.25) is 0 Å². The minimum absolute atomic E-state index is 0.0147. The van der Waals surface area contributed by atoms with Gasteiger partial charge in [0, 0.05) is 0 Å². The van der Waals surface area contributed by atoms with Gasteiger partial charge in [-0.1, -0.05) is 26.8 Å². The van der Waals surface area contributed by atoms with E-state index < -0.39 is 0 Å². The van der Waals surface area contributed by atoms with Crippen LogP contribution in [-0.2, 0) is 10.2 Å². The van der Waals surface area contributed by atoms with Crippen LogP contribution < -0.4 is 4.74 Å². The van der Waals surface area contributed by atoms with Gasteiger partial charge in [-0.05, 0) is 37.0 Å². The molecule has 100 valence electrons. The predicted octanol–water partition coefficient (Wildman–Crippen LogP) is 3.56. The van der Waals surface area contributed by atoms with Crippen LogP contribution in [0.15, 0.2) is 18.2 Å². The number of rotatable bonds is 3. The molecule has 0 saturated carbocycles. The normalized spacial score (nSPS) is 11.5. The first kappa shape index (κ1) is 14.6. The van der Waals surface area contributed by atoms with Crippen LogP contribution in [0.5, 0.6) is 5.75 Å². The van der Waals surface area contributed by atoms with E-state index in [2.05, 4.69) is 20.8 Å². The van der Waals surface area contributed by atoms with E-state index in [9.17, 15) is 4.79 Å². The van der Waals surface area contributed by atoms with E-state index in [1.807, 2.05) is 32.0 Å². The second kappa shape index (κ2) is 5.42. The zero-order valence-corrected chi connectivity index (χ0v) is 12.0. The van der Waals surface area contributed by atoms with Gasteiger partial charge >= 0.3 is 5.97 Å². The maximum Gasteiger partial charge on any atom is 0.342 e. The third kappa shape index (κ3) is 3.49. The molecular weight excluding hydrogens is 228 g/mol. The summed E-state index contributed by atoms with van der Waals surface area (Å²) in [6.07, 6.45) is -0.138. The standard InChI is InChI=1S/C15H22O3/c1-10(2)18-14(16)12-9-11(15(3,4)5)7-8-13(12)17-6/h7-10H,1-6H3. The number of carbonyl (C=O) groups excluding carboxylic acids is 1. The molecule has 0 spiro atoms. The Kier molecular flexibility index (Phi) is 4.38. The highest BCUT2D eigenvalue weighted by atomic mass is 16.5. The van der Waals surface area contributed by atoms with Gasteiger partial charge in [-0.15, -0.1) is 0 Å². The van der Waals surface area contributed by atoms with Gasteiger partial charge in [0.05, 0.1) is 13.2 Å². The monoisotopic (exact) mass is 250 g/mol. The maximum absolute atomic E-state index is 12.0. The molecule has 0 amide bonds. The summed E-state index contributed by atoms with van der Waals surface area (Å²) in [4.78, 5) is 12.0. The summed E-state index contributed by atoms with van der Waals surface area (Å²) in [6.45, 7) is 9.97. The van der Waals surface area contributed by atoms with Gasteiger partial charge in [-0.3, -0.25) is 0 Å². The molecule has 0 heterocycles. The van der Waals surface area contributed by atoms with E-state index >= 15 is 0 Å². The lowest BCUT2D eigenvalue weighted by Crippen LogP contribution is -2.16. The molecule has 0 atom stereocenters. The highest BCUT2D eigenvalue weighted by Gasteiger charge is 2.20. The SMILES string of the molecule is COc1ccc(C(C)(C)C)cc1C(=O)OC(C)C. The summed E-state index contributed by atoms with van der Waals surface area (Å²) in [5.41, 5.74) is 1.55. The van der Waals surface area contributed by atoms with E-state index in [4.69, 9.17) is 9.47 Å². The molecule has 0 unspecified atom stereocenters. The van der Waals surface area contributed by atoms with E-state index in [1.54, 1.807) is 7.11 Å². The molecule has 0 aliphatic carbocycles. The molecule has 0 aliphatic rings. The van der Waals surface area contributed by atoms with Crippen molar-refractivity contribution in [2.75, 3.05) is 7.11 Å². The Morgan fingerprint density at radius 2 is 1.83 bits per heavy atom. The average molecular weight is 250 g/mol. The zero-order chi connectivity index (χ0) is 13.9. The van der Waals surface area contributed by atoms with Crippen LogP contribution in [-0.4, -0.2) is 19.2 Å². The number of hydrogen-bond donors (Lipinski definition) is 0. The Morgan fingerprint density at radius 1 is 1.22 bits per heavy atom. The summed E-state index contributed by atoms with van der Waals surface area (Å²) in [5.74, 6) is 0.210. The number of carbonyl (C=O) groups is 1. The lowest BCUT2D eigenvalue weighted by atomic mass is 9.86. The number of ether oxygens (including phenoxy) is 2. The second-order valence-corrected chi connectivity index (χ2v) is 5.62. The number of hydrogen-bond acceptors (Lipinski definition) is 3. The molecule has 1 aromatic rings. The third-order valence-corrected chi connectivity index (χ3v) is 2.63. The van der Waals surface area contributed by atoms with Gasteiger partial charge in [0.2, 0.25) is 0 Å². The Morgan fingerprint density at radius 3 is 2.28 bits per heavy atom. The molecule has 3 nitrogen and oxygen atoms in total. The fraction of sp³-hybridized carbons (Fsp3) is 0.533. The minimum Gasteiger partial charge on any atom is -0.496 e. The van der Waals surface area contributed by atoms with Crippen molar-refractivity contribution < 1.29 is 14.3 Å². The topological polar surface area (TPSA) is 35.5 Å². The third-order valence-electron chi connectivity index (χ3n) is 2.63. The largest absolute Gasteiger partial charge is 0.496 e. The molecule has 0 N–H and O–H groups in total. The van der Waals surface area contributed by atoms with Crippen LogP contribution in [0.3, 0.4) is 0 Å². The van der Waals surface area contributed by atoms with E-state index in [-0.39, 0.29) is 17.5 Å². The summed E-state index contributed by atoms with van der Waals surface area (Å²) in [7, 11) is 1.55. The van der Waals surface area contributed by atoms with E-state index in [1.165, 1.54) is 0 Å². The van der Waals surface area contributed by atoms with Crippen LogP contribution in [0.25, 0.3) is 0 Å². The van der Waals surface area contributed by atoms with Crippen LogP contribution in [0.1, 0.15) is 50.5 Å². The quantitative estimate of drug-likeness (QED) is 0.769. The van der Waals surface area contributed by atoms with Crippen molar-refractivity contribution in [3.63, 3.8) is 0 Å². The summed E-state index contributed by atoms with van der Waals surface area (Å²) in [6, 6.07) is 5.64. The van der Waals surface area contributed by atoms with Crippen molar-refractivity contribution in [2.45, 2.75) is 46.1 Å². The zero-order valence-electron chi connectivity index (χ0n) is 12.0. The number of benzene rings is 1. The Balaban J connectivity index is 3.18. The van der Waals surface area contributed by atoms with Crippen LogP contribution in [0, 0.1) is 0 Å². The fourth-order valence-electron chi connectivity index (χ4n) is 1.61. The molecule has 3 heteroatoms.